The lowest BCUT2D eigenvalue weighted by atomic mass is 9.82. The molecule has 2 atom stereocenters. The van der Waals surface area contributed by atoms with Gasteiger partial charge < -0.3 is 20.5 Å². The number of hydrogen-bond donors (Lipinski definition) is 2. The quantitative estimate of drug-likeness (QED) is 0.827. The highest BCUT2D eigenvalue weighted by molar-refractivity contribution is 5.31. The second-order valence-electron chi connectivity index (χ2n) is 7.29. The van der Waals surface area contributed by atoms with E-state index in [2.05, 4.69) is 10.1 Å². The molecule has 1 saturated carbocycles. The van der Waals surface area contributed by atoms with Crippen LogP contribution in [-0.2, 0) is 4.74 Å². The Morgan fingerprint density at radius 2 is 1.88 bits per heavy atom. The zero-order chi connectivity index (χ0) is 18.6. The SMILES string of the molecule is NC1CCCN[C@H]1COC1CCC(c2cccc(OC(F)(F)F)c2)CC1. The molecular weight excluding hydrogens is 345 g/mol. The fraction of sp³-hybridized carbons (Fsp3) is 0.684. The molecule has 2 aliphatic rings. The fourth-order valence-electron chi connectivity index (χ4n) is 3.93. The molecule has 1 aliphatic carbocycles. The Labute approximate surface area is 152 Å². The highest BCUT2D eigenvalue weighted by Crippen LogP contribution is 2.36. The molecule has 7 heteroatoms. The molecular formula is C19H27F3N2O2. The zero-order valence-electron chi connectivity index (χ0n) is 14.8. The molecule has 0 amide bonds. The maximum atomic E-state index is 12.4. The number of rotatable bonds is 5. The number of nitrogens with one attached hydrogen (secondary N) is 1. The molecule has 146 valence electrons. The van der Waals surface area contributed by atoms with E-state index < -0.39 is 6.36 Å². The first-order valence-corrected chi connectivity index (χ1v) is 9.37. The van der Waals surface area contributed by atoms with Crippen molar-refractivity contribution in [3.63, 3.8) is 0 Å². The largest absolute Gasteiger partial charge is 0.573 e. The number of halogens is 3. The monoisotopic (exact) mass is 372 g/mol. The van der Waals surface area contributed by atoms with Crippen LogP contribution in [0.5, 0.6) is 5.75 Å². The van der Waals surface area contributed by atoms with Crippen molar-refractivity contribution < 1.29 is 22.6 Å². The van der Waals surface area contributed by atoms with Gasteiger partial charge in [-0.3, -0.25) is 0 Å². The van der Waals surface area contributed by atoms with Crippen molar-refractivity contribution >= 4 is 0 Å². The van der Waals surface area contributed by atoms with Crippen LogP contribution in [0, 0.1) is 0 Å². The first kappa shape index (κ1) is 19.5. The number of benzene rings is 1. The second-order valence-corrected chi connectivity index (χ2v) is 7.29. The van der Waals surface area contributed by atoms with Crippen LogP contribution < -0.4 is 15.8 Å². The smallest absolute Gasteiger partial charge is 0.406 e. The zero-order valence-corrected chi connectivity index (χ0v) is 14.8. The van der Waals surface area contributed by atoms with Gasteiger partial charge in [-0.1, -0.05) is 12.1 Å². The third-order valence-electron chi connectivity index (χ3n) is 5.39. The van der Waals surface area contributed by atoms with E-state index in [-0.39, 0.29) is 29.9 Å². The fourth-order valence-corrected chi connectivity index (χ4v) is 3.93. The Kier molecular flexibility index (Phi) is 6.42. The Bertz CT molecular complexity index is 574. The Morgan fingerprint density at radius 1 is 1.12 bits per heavy atom. The summed E-state index contributed by atoms with van der Waals surface area (Å²) in [6.07, 6.45) is 1.33. The van der Waals surface area contributed by atoms with Crippen molar-refractivity contribution in [1.29, 1.82) is 0 Å². The average Bonchev–Trinajstić information content (AvgIpc) is 2.60. The summed E-state index contributed by atoms with van der Waals surface area (Å²) in [6.45, 7) is 1.62. The van der Waals surface area contributed by atoms with Crippen LogP contribution in [-0.4, -0.2) is 37.7 Å². The van der Waals surface area contributed by atoms with E-state index in [4.69, 9.17) is 10.5 Å². The average molecular weight is 372 g/mol. The maximum Gasteiger partial charge on any atom is 0.573 e. The molecule has 26 heavy (non-hydrogen) atoms. The van der Waals surface area contributed by atoms with Gasteiger partial charge >= 0.3 is 6.36 Å². The molecule has 0 radical (unpaired) electrons. The van der Waals surface area contributed by atoms with Gasteiger partial charge in [-0.05, 0) is 68.7 Å². The van der Waals surface area contributed by atoms with Crippen molar-refractivity contribution in [2.75, 3.05) is 13.2 Å². The van der Waals surface area contributed by atoms with Gasteiger partial charge in [-0.25, -0.2) is 0 Å². The first-order valence-electron chi connectivity index (χ1n) is 9.37. The summed E-state index contributed by atoms with van der Waals surface area (Å²) >= 11 is 0. The van der Waals surface area contributed by atoms with E-state index in [0.717, 1.165) is 50.6 Å². The molecule has 1 unspecified atom stereocenters. The van der Waals surface area contributed by atoms with Crippen LogP contribution >= 0.6 is 0 Å². The minimum atomic E-state index is -4.65. The van der Waals surface area contributed by atoms with Crippen molar-refractivity contribution in [3.8, 4) is 5.75 Å². The third-order valence-corrected chi connectivity index (χ3v) is 5.39. The van der Waals surface area contributed by atoms with E-state index >= 15 is 0 Å². The minimum Gasteiger partial charge on any atom is -0.406 e. The van der Waals surface area contributed by atoms with Gasteiger partial charge in [0, 0.05) is 12.1 Å². The second kappa shape index (κ2) is 8.59. The topological polar surface area (TPSA) is 56.5 Å². The summed E-state index contributed by atoms with van der Waals surface area (Å²) in [5.41, 5.74) is 7.02. The van der Waals surface area contributed by atoms with Gasteiger partial charge in [0.05, 0.1) is 12.7 Å². The van der Waals surface area contributed by atoms with Gasteiger partial charge in [0.25, 0.3) is 0 Å². The van der Waals surface area contributed by atoms with Crippen molar-refractivity contribution in [2.45, 2.75) is 69.0 Å². The highest BCUT2D eigenvalue weighted by Gasteiger charge is 2.31. The van der Waals surface area contributed by atoms with Crippen molar-refractivity contribution in [3.05, 3.63) is 29.8 Å². The predicted octanol–water partition coefficient (Wildman–Crippen LogP) is 3.71. The summed E-state index contributed by atoms with van der Waals surface area (Å²) in [5, 5.41) is 3.41. The molecule has 3 rings (SSSR count). The van der Waals surface area contributed by atoms with E-state index in [1.54, 1.807) is 6.07 Å². The van der Waals surface area contributed by atoms with Crippen LogP contribution in [0.3, 0.4) is 0 Å². The standard InChI is InChI=1S/C19H27F3N2O2/c20-19(21,22)26-16-4-1-3-14(11-16)13-6-8-15(9-7-13)25-12-18-17(23)5-2-10-24-18/h1,3-4,11,13,15,17-18,24H,2,5-10,12,23H2/t13?,15?,17?,18-/m0/s1. The maximum absolute atomic E-state index is 12.4. The van der Waals surface area contributed by atoms with Crippen LogP contribution in [0.2, 0.25) is 0 Å². The summed E-state index contributed by atoms with van der Waals surface area (Å²) in [5.74, 6) is 0.104. The molecule has 4 nitrogen and oxygen atoms in total. The normalized spacial score (nSPS) is 30.2. The molecule has 1 heterocycles. The number of nitrogens with two attached hydrogens (primary N) is 1. The molecule has 0 aromatic heterocycles. The lowest BCUT2D eigenvalue weighted by Crippen LogP contribution is -2.52. The first-order chi connectivity index (χ1) is 12.4. The van der Waals surface area contributed by atoms with Crippen molar-refractivity contribution in [1.82, 2.24) is 5.32 Å². The van der Waals surface area contributed by atoms with Crippen LogP contribution in [0.15, 0.2) is 24.3 Å². The number of ether oxygens (including phenoxy) is 2. The van der Waals surface area contributed by atoms with E-state index in [1.165, 1.54) is 12.1 Å². The van der Waals surface area contributed by atoms with Crippen LogP contribution in [0.4, 0.5) is 13.2 Å². The summed E-state index contributed by atoms with van der Waals surface area (Å²) in [7, 11) is 0. The number of alkyl halides is 3. The van der Waals surface area contributed by atoms with Gasteiger partial charge in [0.15, 0.2) is 0 Å². The molecule has 1 aromatic carbocycles. The van der Waals surface area contributed by atoms with Crippen molar-refractivity contribution in [2.24, 2.45) is 5.73 Å². The van der Waals surface area contributed by atoms with Gasteiger partial charge in [-0.15, -0.1) is 13.2 Å². The van der Waals surface area contributed by atoms with Crippen LogP contribution in [0.1, 0.15) is 50.0 Å². The number of hydrogen-bond acceptors (Lipinski definition) is 4. The highest BCUT2D eigenvalue weighted by atomic mass is 19.4. The molecule has 0 spiro atoms. The molecule has 2 fully saturated rings. The third kappa shape index (κ3) is 5.59. The predicted molar refractivity (Wildman–Crippen MR) is 93.1 cm³/mol. The number of piperidine rings is 1. The van der Waals surface area contributed by atoms with Crippen LogP contribution in [0.25, 0.3) is 0 Å². The van der Waals surface area contributed by atoms with Gasteiger partial charge in [0.1, 0.15) is 5.75 Å². The summed E-state index contributed by atoms with van der Waals surface area (Å²) < 4.78 is 47.2. The minimum absolute atomic E-state index is 0.147. The molecule has 1 saturated heterocycles. The van der Waals surface area contributed by atoms with Gasteiger partial charge in [0.2, 0.25) is 0 Å². The Balaban J connectivity index is 1.47. The lowest BCUT2D eigenvalue weighted by molar-refractivity contribution is -0.274. The summed E-state index contributed by atoms with van der Waals surface area (Å²) in [6, 6.07) is 6.71. The lowest BCUT2D eigenvalue weighted by Gasteiger charge is -2.33. The Hall–Kier alpha value is -1.31. The van der Waals surface area contributed by atoms with E-state index in [1.807, 2.05) is 6.07 Å². The summed E-state index contributed by atoms with van der Waals surface area (Å²) in [4.78, 5) is 0. The molecule has 3 N–H and O–H groups in total. The molecule has 1 aliphatic heterocycles. The van der Waals surface area contributed by atoms with Gasteiger partial charge in [-0.2, -0.15) is 0 Å². The van der Waals surface area contributed by atoms with E-state index in [9.17, 15) is 13.2 Å². The van der Waals surface area contributed by atoms with E-state index in [0.29, 0.717) is 6.61 Å². The molecule has 1 aromatic rings. The molecule has 0 bridgehead atoms. The Morgan fingerprint density at radius 3 is 2.58 bits per heavy atom.